The van der Waals surface area contributed by atoms with Crippen LogP contribution in [0.15, 0.2) is 50.6 Å². The Hall–Kier alpha value is -1.25. The predicted molar refractivity (Wildman–Crippen MR) is 123 cm³/mol. The van der Waals surface area contributed by atoms with E-state index in [1.807, 2.05) is 24.3 Å². The summed E-state index contributed by atoms with van der Waals surface area (Å²) in [6.07, 6.45) is 10.5. The summed E-state index contributed by atoms with van der Waals surface area (Å²) in [6, 6.07) is 0. The molecule has 0 atom stereocenters. The fourth-order valence-corrected chi connectivity index (χ4v) is 3.39. The van der Waals surface area contributed by atoms with Crippen molar-refractivity contribution in [2.75, 3.05) is 52.4 Å². The minimum Gasteiger partial charge on any atom is -0.759 e. The number of likely N-dealkylation sites (N-methyl/N-ethyl adjacent to an activating group) is 2. The Morgan fingerprint density at radius 2 is 0.862 bits per heavy atom. The molecule has 0 bridgehead atoms. The average molecular weight is 433 g/mol. The van der Waals surface area contributed by atoms with E-state index in [1.165, 1.54) is 39.0 Å². The lowest BCUT2D eigenvalue weighted by Crippen LogP contribution is -2.48. The van der Waals surface area contributed by atoms with Gasteiger partial charge >= 0.3 is 0 Å². The molecule has 0 saturated carbocycles. The van der Waals surface area contributed by atoms with Crippen LogP contribution in [0.2, 0.25) is 0 Å². The highest BCUT2D eigenvalue weighted by Gasteiger charge is 2.20. The van der Waals surface area contributed by atoms with Gasteiger partial charge in [0.15, 0.2) is 0 Å². The fourth-order valence-electron chi connectivity index (χ4n) is 3.39. The van der Waals surface area contributed by atoms with Crippen molar-refractivity contribution < 1.29 is 26.5 Å². The fraction of sp³-hybridized carbons (Fsp3) is 0.636. The molecule has 0 radical (unpaired) electrons. The Labute approximate surface area is 180 Å². The van der Waals surface area contributed by atoms with E-state index in [0.717, 1.165) is 35.1 Å². The highest BCUT2D eigenvalue weighted by atomic mass is 32.3. The molecular formula is C22H44N2O4S. The highest BCUT2D eigenvalue weighted by molar-refractivity contribution is 7.79. The van der Waals surface area contributed by atoms with Crippen molar-refractivity contribution >= 4 is 10.4 Å². The molecule has 0 unspecified atom stereocenters. The van der Waals surface area contributed by atoms with E-state index < -0.39 is 10.4 Å². The number of hydrogen-bond acceptors (Lipinski definition) is 4. The Balaban J connectivity index is -0.000000380. The lowest BCUT2D eigenvalue weighted by atomic mass is 10.2. The van der Waals surface area contributed by atoms with E-state index in [4.69, 9.17) is 17.5 Å². The van der Waals surface area contributed by atoms with Crippen LogP contribution in [-0.2, 0) is 10.4 Å². The third-order valence-corrected chi connectivity index (χ3v) is 4.80. The standard InChI is InChI=1S/2C11H22N.H2O4S/c2*1-5-9-12(8-4,10-6-2)11-7-3;1-5(2,3)4/h2*5-6H,1-2,7-11H2,3-4H3;(H2,1,2,3,4)/q2*+1;/p-2. The van der Waals surface area contributed by atoms with E-state index >= 15 is 0 Å². The zero-order valence-electron chi connectivity index (χ0n) is 19.1. The Kier molecular flexibility index (Phi) is 21.0. The van der Waals surface area contributed by atoms with Gasteiger partial charge in [0.2, 0.25) is 0 Å². The van der Waals surface area contributed by atoms with Crippen LogP contribution in [0.4, 0.5) is 0 Å². The average Bonchev–Trinajstić information content (AvgIpc) is 2.62. The lowest BCUT2D eigenvalue weighted by molar-refractivity contribution is -0.915. The van der Waals surface area contributed by atoms with Crippen molar-refractivity contribution in [2.24, 2.45) is 0 Å². The molecule has 0 aromatic heterocycles. The summed E-state index contributed by atoms with van der Waals surface area (Å²) >= 11 is 0. The van der Waals surface area contributed by atoms with Crippen molar-refractivity contribution in [2.45, 2.75) is 40.5 Å². The number of hydrogen-bond donors (Lipinski definition) is 0. The second-order valence-electron chi connectivity index (χ2n) is 7.06. The number of nitrogens with zero attached hydrogens (tertiary/aromatic N) is 2. The molecule has 0 aliphatic heterocycles. The summed E-state index contributed by atoms with van der Waals surface area (Å²) in [7, 11) is -5.17. The molecule has 0 aliphatic rings. The molecule has 0 fully saturated rings. The van der Waals surface area contributed by atoms with E-state index in [9.17, 15) is 0 Å². The molecule has 0 amide bonds. The monoisotopic (exact) mass is 432 g/mol. The van der Waals surface area contributed by atoms with E-state index in [1.54, 1.807) is 0 Å². The van der Waals surface area contributed by atoms with Crippen LogP contribution in [0.3, 0.4) is 0 Å². The van der Waals surface area contributed by atoms with Gasteiger partial charge in [-0.2, -0.15) is 0 Å². The molecule has 29 heavy (non-hydrogen) atoms. The lowest BCUT2D eigenvalue weighted by Gasteiger charge is -2.35. The van der Waals surface area contributed by atoms with Crippen LogP contribution in [-0.4, -0.2) is 78.8 Å². The molecule has 0 aromatic carbocycles. The SMILES string of the molecule is C=CC[N+](CC)(CC=C)CCC.C=CC[N+](CC)(CC=C)CCC.O=S(=O)([O-])[O-]. The smallest absolute Gasteiger partial charge is 0.0973 e. The number of rotatable bonds is 14. The highest BCUT2D eigenvalue weighted by Crippen LogP contribution is 2.09. The molecule has 6 nitrogen and oxygen atoms in total. The van der Waals surface area contributed by atoms with Gasteiger partial charge in [-0.15, -0.1) is 0 Å². The first-order valence-electron chi connectivity index (χ1n) is 10.3. The first kappa shape index (κ1) is 32.4. The first-order valence-corrected chi connectivity index (χ1v) is 11.6. The van der Waals surface area contributed by atoms with Crippen LogP contribution in [0.25, 0.3) is 0 Å². The maximum atomic E-state index is 8.52. The van der Waals surface area contributed by atoms with Crippen LogP contribution >= 0.6 is 0 Å². The first-order chi connectivity index (χ1) is 13.5. The Morgan fingerprint density at radius 1 is 0.655 bits per heavy atom. The largest absolute Gasteiger partial charge is 0.759 e. The van der Waals surface area contributed by atoms with Crippen molar-refractivity contribution in [3.63, 3.8) is 0 Å². The van der Waals surface area contributed by atoms with Gasteiger partial charge in [0.25, 0.3) is 0 Å². The maximum absolute atomic E-state index is 8.52. The summed E-state index contributed by atoms with van der Waals surface area (Å²) in [5.41, 5.74) is 0. The summed E-state index contributed by atoms with van der Waals surface area (Å²) < 4.78 is 36.3. The van der Waals surface area contributed by atoms with Crippen LogP contribution in [0, 0.1) is 0 Å². The van der Waals surface area contributed by atoms with Crippen LogP contribution < -0.4 is 0 Å². The minimum absolute atomic E-state index is 1.07. The van der Waals surface area contributed by atoms with Gasteiger partial charge in [-0.05, 0) is 51.0 Å². The van der Waals surface area contributed by atoms with Gasteiger partial charge in [-0.1, -0.05) is 40.2 Å². The summed E-state index contributed by atoms with van der Waals surface area (Å²) in [6.45, 7) is 33.2. The quantitative estimate of drug-likeness (QED) is 0.181. The second-order valence-corrected chi connectivity index (χ2v) is 7.87. The zero-order chi connectivity index (χ0) is 23.4. The normalized spacial score (nSPS) is 11.2. The molecule has 0 heterocycles. The molecule has 0 rings (SSSR count). The summed E-state index contributed by atoms with van der Waals surface area (Å²) in [5.74, 6) is 0. The van der Waals surface area contributed by atoms with Crippen LogP contribution in [0.5, 0.6) is 0 Å². The molecule has 0 N–H and O–H groups in total. The molecule has 7 heteroatoms. The molecule has 172 valence electrons. The molecule has 0 aliphatic carbocycles. The maximum Gasteiger partial charge on any atom is 0.0973 e. The number of quaternary nitrogens is 2. The van der Waals surface area contributed by atoms with Gasteiger partial charge in [0.1, 0.15) is 0 Å². The van der Waals surface area contributed by atoms with Gasteiger partial charge in [-0.25, -0.2) is 0 Å². The van der Waals surface area contributed by atoms with Crippen molar-refractivity contribution in [3.8, 4) is 0 Å². The topological polar surface area (TPSA) is 80.3 Å². The minimum atomic E-state index is -5.17. The second kappa shape index (κ2) is 18.8. The predicted octanol–water partition coefficient (Wildman–Crippen LogP) is 3.87. The summed E-state index contributed by atoms with van der Waals surface area (Å²) in [4.78, 5) is 0. The van der Waals surface area contributed by atoms with Crippen molar-refractivity contribution in [3.05, 3.63) is 50.6 Å². The van der Waals surface area contributed by atoms with E-state index in [0.29, 0.717) is 0 Å². The molecule has 0 saturated heterocycles. The zero-order valence-corrected chi connectivity index (χ0v) is 20.0. The van der Waals surface area contributed by atoms with Crippen molar-refractivity contribution in [1.82, 2.24) is 0 Å². The Bertz CT molecular complexity index is 483. The van der Waals surface area contributed by atoms with Crippen molar-refractivity contribution in [1.29, 1.82) is 0 Å². The molecule has 0 spiro atoms. The third-order valence-electron chi connectivity index (χ3n) is 4.80. The molecular weight excluding hydrogens is 388 g/mol. The van der Waals surface area contributed by atoms with Gasteiger partial charge < -0.3 is 18.1 Å². The van der Waals surface area contributed by atoms with E-state index in [2.05, 4.69) is 54.0 Å². The van der Waals surface area contributed by atoms with Gasteiger partial charge in [0, 0.05) is 10.4 Å². The Morgan fingerprint density at radius 3 is 0.966 bits per heavy atom. The van der Waals surface area contributed by atoms with Gasteiger partial charge in [-0.3, -0.25) is 8.42 Å². The van der Waals surface area contributed by atoms with Crippen LogP contribution in [0.1, 0.15) is 40.5 Å². The molecule has 0 aromatic rings. The van der Waals surface area contributed by atoms with Gasteiger partial charge in [0.05, 0.1) is 52.4 Å². The summed E-state index contributed by atoms with van der Waals surface area (Å²) in [5, 5.41) is 0. The third kappa shape index (κ3) is 19.8. The van der Waals surface area contributed by atoms with E-state index in [-0.39, 0.29) is 0 Å².